The predicted octanol–water partition coefficient (Wildman–Crippen LogP) is 2.40. The van der Waals surface area contributed by atoms with Crippen LogP contribution in [0.25, 0.3) is 0 Å². The molecule has 1 aromatic carbocycles. The van der Waals surface area contributed by atoms with Crippen molar-refractivity contribution in [2.75, 3.05) is 6.54 Å². The summed E-state index contributed by atoms with van der Waals surface area (Å²) >= 11 is 0. The third kappa shape index (κ3) is 2.58. The Balaban J connectivity index is 2.53. The van der Waals surface area contributed by atoms with Crippen LogP contribution >= 0.6 is 0 Å². The van der Waals surface area contributed by atoms with E-state index in [0.29, 0.717) is 31.2 Å². The third-order valence-electron chi connectivity index (χ3n) is 4.15. The van der Waals surface area contributed by atoms with E-state index in [4.69, 9.17) is 0 Å². The first-order valence-electron chi connectivity index (χ1n) is 7.18. The molecule has 0 spiro atoms. The first-order chi connectivity index (χ1) is 9.86. The van der Waals surface area contributed by atoms with Crippen LogP contribution in [0.3, 0.4) is 0 Å². The van der Waals surface area contributed by atoms with Gasteiger partial charge in [-0.3, -0.25) is 4.79 Å². The first kappa shape index (κ1) is 16.0. The molecule has 5 nitrogen and oxygen atoms in total. The summed E-state index contributed by atoms with van der Waals surface area (Å²) in [6.45, 7) is 3.87. The smallest absolute Gasteiger partial charge is 0.325 e. The molecule has 0 aliphatic carbocycles. The number of rotatable bonds is 5. The largest absolute Gasteiger partial charge is 0.480 e. The molecule has 0 bridgehead atoms. The Morgan fingerprint density at radius 2 is 2.05 bits per heavy atom. The average Bonchev–Trinajstić information content (AvgIpc) is 2.85. The van der Waals surface area contributed by atoms with E-state index in [9.17, 15) is 18.3 Å². The Hall–Kier alpha value is -1.40. The van der Waals surface area contributed by atoms with Gasteiger partial charge in [-0.15, -0.1) is 0 Å². The number of benzene rings is 1. The van der Waals surface area contributed by atoms with Crippen LogP contribution in [0.1, 0.15) is 38.2 Å². The van der Waals surface area contributed by atoms with Gasteiger partial charge in [0.25, 0.3) is 0 Å². The van der Waals surface area contributed by atoms with Gasteiger partial charge in [0.05, 0.1) is 4.90 Å². The molecule has 1 saturated heterocycles. The van der Waals surface area contributed by atoms with E-state index >= 15 is 0 Å². The minimum atomic E-state index is -3.79. The minimum Gasteiger partial charge on any atom is -0.480 e. The molecule has 1 aliphatic rings. The zero-order chi connectivity index (χ0) is 15.7. The highest BCUT2D eigenvalue weighted by Crippen LogP contribution is 2.38. The van der Waals surface area contributed by atoms with E-state index in [1.54, 1.807) is 31.2 Å². The zero-order valence-corrected chi connectivity index (χ0v) is 13.2. The summed E-state index contributed by atoms with van der Waals surface area (Å²) in [5.74, 6) is -1.04. The van der Waals surface area contributed by atoms with E-state index in [1.165, 1.54) is 4.31 Å². The molecule has 21 heavy (non-hydrogen) atoms. The monoisotopic (exact) mass is 311 g/mol. The van der Waals surface area contributed by atoms with Crippen LogP contribution in [0.2, 0.25) is 0 Å². The number of carbonyl (C=O) groups is 1. The molecule has 1 N–H and O–H groups in total. The summed E-state index contributed by atoms with van der Waals surface area (Å²) in [6.07, 6.45) is 1.93. The quantitative estimate of drug-likeness (QED) is 0.906. The molecule has 0 radical (unpaired) electrons. The lowest BCUT2D eigenvalue weighted by Gasteiger charge is -2.34. The highest BCUT2D eigenvalue weighted by molar-refractivity contribution is 7.89. The molecule has 1 unspecified atom stereocenters. The number of carboxylic acids is 1. The molecule has 0 amide bonds. The van der Waals surface area contributed by atoms with Gasteiger partial charge in [-0.1, -0.05) is 31.5 Å². The van der Waals surface area contributed by atoms with Gasteiger partial charge in [-0.2, -0.15) is 4.31 Å². The number of nitrogens with zero attached hydrogens (tertiary/aromatic N) is 1. The number of hydrogen-bond acceptors (Lipinski definition) is 3. The van der Waals surface area contributed by atoms with Crippen molar-refractivity contribution < 1.29 is 18.3 Å². The normalized spacial score (nSPS) is 23.3. The lowest BCUT2D eigenvalue weighted by molar-refractivity contribution is -0.147. The van der Waals surface area contributed by atoms with Crippen molar-refractivity contribution in [3.05, 3.63) is 29.8 Å². The predicted molar refractivity (Wildman–Crippen MR) is 79.6 cm³/mol. The van der Waals surface area contributed by atoms with Gasteiger partial charge in [0.2, 0.25) is 10.0 Å². The Morgan fingerprint density at radius 1 is 1.38 bits per heavy atom. The van der Waals surface area contributed by atoms with Gasteiger partial charge in [-0.05, 0) is 37.8 Å². The van der Waals surface area contributed by atoms with Crippen molar-refractivity contribution in [1.82, 2.24) is 4.31 Å². The van der Waals surface area contributed by atoms with Crippen LogP contribution in [0, 0.1) is 6.92 Å². The fourth-order valence-corrected chi connectivity index (χ4v) is 5.21. The van der Waals surface area contributed by atoms with Gasteiger partial charge in [0, 0.05) is 6.54 Å². The van der Waals surface area contributed by atoms with Crippen molar-refractivity contribution in [1.29, 1.82) is 0 Å². The molecule has 1 atom stereocenters. The molecule has 1 aliphatic heterocycles. The molecular weight excluding hydrogens is 290 g/mol. The molecule has 6 heteroatoms. The second kappa shape index (κ2) is 5.77. The number of carboxylic acid groups (broad SMARTS) is 1. The van der Waals surface area contributed by atoms with Gasteiger partial charge >= 0.3 is 5.97 Å². The Morgan fingerprint density at radius 3 is 2.62 bits per heavy atom. The fourth-order valence-electron chi connectivity index (χ4n) is 3.15. The summed E-state index contributed by atoms with van der Waals surface area (Å²) in [4.78, 5) is 12.0. The van der Waals surface area contributed by atoms with Gasteiger partial charge in [0.15, 0.2) is 0 Å². The van der Waals surface area contributed by atoms with Crippen LogP contribution < -0.4 is 0 Å². The molecular formula is C15H21NO4S. The Labute approximate surface area is 125 Å². The maximum atomic E-state index is 12.9. The lowest BCUT2D eigenvalue weighted by Crippen LogP contribution is -2.52. The van der Waals surface area contributed by atoms with E-state index in [1.807, 2.05) is 6.92 Å². The van der Waals surface area contributed by atoms with Gasteiger partial charge < -0.3 is 5.11 Å². The first-order valence-corrected chi connectivity index (χ1v) is 8.62. The Bertz CT molecular complexity index is 641. The molecule has 0 aromatic heterocycles. The summed E-state index contributed by atoms with van der Waals surface area (Å²) < 4.78 is 27.0. The fraction of sp³-hybridized carbons (Fsp3) is 0.533. The van der Waals surface area contributed by atoms with Crippen molar-refractivity contribution >= 4 is 16.0 Å². The van der Waals surface area contributed by atoms with Crippen LogP contribution in [-0.2, 0) is 14.8 Å². The third-order valence-corrected chi connectivity index (χ3v) is 6.28. The molecule has 116 valence electrons. The van der Waals surface area contributed by atoms with E-state index < -0.39 is 21.5 Å². The number of aryl methyl sites for hydroxylation is 1. The van der Waals surface area contributed by atoms with Crippen molar-refractivity contribution in [3.63, 3.8) is 0 Å². The molecule has 1 heterocycles. The summed E-state index contributed by atoms with van der Waals surface area (Å²) in [7, 11) is -3.79. The Kier molecular flexibility index (Phi) is 4.39. The highest BCUT2D eigenvalue weighted by atomic mass is 32.2. The second-order valence-corrected chi connectivity index (χ2v) is 7.36. The van der Waals surface area contributed by atoms with Crippen LogP contribution in [-0.4, -0.2) is 35.9 Å². The van der Waals surface area contributed by atoms with E-state index in [0.717, 1.165) is 0 Å². The van der Waals surface area contributed by atoms with Crippen LogP contribution in [0.15, 0.2) is 29.2 Å². The maximum Gasteiger partial charge on any atom is 0.325 e. The summed E-state index contributed by atoms with van der Waals surface area (Å²) in [6, 6.07) is 6.71. The van der Waals surface area contributed by atoms with E-state index in [2.05, 4.69) is 0 Å². The second-order valence-electron chi connectivity index (χ2n) is 5.53. The molecule has 0 saturated carbocycles. The molecule has 1 aromatic rings. The van der Waals surface area contributed by atoms with Crippen molar-refractivity contribution in [2.45, 2.75) is 50.0 Å². The summed E-state index contributed by atoms with van der Waals surface area (Å²) in [5, 5.41) is 9.64. The zero-order valence-electron chi connectivity index (χ0n) is 12.4. The minimum absolute atomic E-state index is 0.202. The number of hydrogen-bond donors (Lipinski definition) is 1. The van der Waals surface area contributed by atoms with Crippen LogP contribution in [0.4, 0.5) is 0 Å². The molecule has 1 fully saturated rings. The maximum absolute atomic E-state index is 12.9. The SMILES string of the molecule is CCCC1(C(=O)O)CCCN1S(=O)(=O)c1ccccc1C. The standard InChI is InChI=1S/C15H21NO4S/c1-3-9-15(14(17)18)10-6-11-16(15)21(19,20)13-8-5-4-7-12(13)2/h4-5,7-8H,3,6,9-11H2,1-2H3,(H,17,18). The highest BCUT2D eigenvalue weighted by Gasteiger charge is 2.52. The van der Waals surface area contributed by atoms with E-state index in [-0.39, 0.29) is 11.4 Å². The topological polar surface area (TPSA) is 74.7 Å². The van der Waals surface area contributed by atoms with Crippen molar-refractivity contribution in [3.8, 4) is 0 Å². The van der Waals surface area contributed by atoms with Gasteiger partial charge in [-0.25, -0.2) is 8.42 Å². The number of sulfonamides is 1. The van der Waals surface area contributed by atoms with Crippen molar-refractivity contribution in [2.24, 2.45) is 0 Å². The lowest BCUT2D eigenvalue weighted by atomic mass is 9.92. The average molecular weight is 311 g/mol. The number of aliphatic carboxylic acids is 1. The van der Waals surface area contributed by atoms with Crippen LogP contribution in [0.5, 0.6) is 0 Å². The summed E-state index contributed by atoms with van der Waals surface area (Å²) in [5.41, 5.74) is -0.657. The molecule has 2 rings (SSSR count). The van der Waals surface area contributed by atoms with Gasteiger partial charge in [0.1, 0.15) is 5.54 Å².